The fourth-order valence-corrected chi connectivity index (χ4v) is 5.04. The van der Waals surface area contributed by atoms with Crippen LogP contribution in [0.15, 0.2) is 47.1 Å². The lowest BCUT2D eigenvalue weighted by atomic mass is 10.0. The van der Waals surface area contributed by atoms with Gasteiger partial charge in [0.2, 0.25) is 5.82 Å². The van der Waals surface area contributed by atoms with Crippen LogP contribution in [0.4, 0.5) is 4.79 Å². The van der Waals surface area contributed by atoms with Crippen LogP contribution in [0.3, 0.4) is 0 Å². The number of hydrogen-bond acceptors (Lipinski definition) is 9. The van der Waals surface area contributed by atoms with E-state index in [2.05, 4.69) is 44.3 Å². The summed E-state index contributed by atoms with van der Waals surface area (Å²) in [6.45, 7) is 6.43. The van der Waals surface area contributed by atoms with Crippen LogP contribution in [-0.4, -0.2) is 61.1 Å². The van der Waals surface area contributed by atoms with Crippen LogP contribution in [0.25, 0.3) is 22.2 Å². The first kappa shape index (κ1) is 24.4. The highest BCUT2D eigenvalue weighted by atomic mass is 35.5. The monoisotopic (exact) mass is 527 g/mol. The average Bonchev–Trinajstić information content (AvgIpc) is 3.61. The largest absolute Gasteiger partial charge is 0.415 e. The number of amides is 1. The lowest BCUT2D eigenvalue weighted by Crippen LogP contribution is -2.47. The molecule has 4 aromatic rings. The van der Waals surface area contributed by atoms with Gasteiger partial charge in [0.1, 0.15) is 11.4 Å². The molecule has 0 bridgehead atoms. The standard InChI is InChI=1S/C24H26ClN7O3S/c1-15(2)31-11-8-16(9-12-31)27-24(33)34-23-28-22(18-5-3-4-10-26-18)29-32(23)14-17-13-19(35-30-17)20-6-7-21(25)36-20/h3-7,10,13,15-16H,8-9,11-12,14H2,1-2H3,(H,27,33). The number of likely N-dealkylation sites (tertiary alicyclic amines) is 1. The summed E-state index contributed by atoms with van der Waals surface area (Å²) in [5, 5.41) is 11.6. The van der Waals surface area contributed by atoms with Crippen molar-refractivity contribution in [1.29, 1.82) is 0 Å². The quantitative estimate of drug-likeness (QED) is 0.367. The highest BCUT2D eigenvalue weighted by Crippen LogP contribution is 2.31. The molecule has 4 aromatic heterocycles. The number of carbonyl (C=O) groups is 1. The van der Waals surface area contributed by atoms with Gasteiger partial charge in [-0.05, 0) is 51.0 Å². The summed E-state index contributed by atoms with van der Waals surface area (Å²) in [7, 11) is 0. The van der Waals surface area contributed by atoms with Crippen molar-refractivity contribution in [3.8, 4) is 28.2 Å². The van der Waals surface area contributed by atoms with Crippen LogP contribution in [-0.2, 0) is 6.54 Å². The molecule has 0 aliphatic carbocycles. The van der Waals surface area contributed by atoms with Crippen LogP contribution in [0.1, 0.15) is 32.4 Å². The molecule has 0 spiro atoms. The Morgan fingerprint density at radius 3 is 2.81 bits per heavy atom. The second kappa shape index (κ2) is 10.8. The Balaban J connectivity index is 1.32. The van der Waals surface area contributed by atoms with Crippen molar-refractivity contribution >= 4 is 29.0 Å². The van der Waals surface area contributed by atoms with Gasteiger partial charge in [0.25, 0.3) is 0 Å². The maximum atomic E-state index is 12.7. The van der Waals surface area contributed by atoms with Gasteiger partial charge in [-0.15, -0.1) is 16.4 Å². The maximum absolute atomic E-state index is 12.7. The number of ether oxygens (including phenoxy) is 1. The molecule has 188 valence electrons. The van der Waals surface area contributed by atoms with Crippen molar-refractivity contribution in [1.82, 2.24) is 35.1 Å². The number of thiophene rings is 1. The minimum atomic E-state index is -0.562. The Morgan fingerprint density at radius 2 is 2.11 bits per heavy atom. The molecule has 36 heavy (non-hydrogen) atoms. The lowest BCUT2D eigenvalue weighted by Gasteiger charge is -2.34. The van der Waals surface area contributed by atoms with E-state index in [1.54, 1.807) is 24.4 Å². The van der Waals surface area contributed by atoms with E-state index >= 15 is 0 Å². The van der Waals surface area contributed by atoms with Gasteiger partial charge >= 0.3 is 12.1 Å². The Bertz CT molecular complexity index is 1310. The summed E-state index contributed by atoms with van der Waals surface area (Å²) in [5.74, 6) is 0.942. The molecular formula is C24H26ClN7O3S. The van der Waals surface area contributed by atoms with Crippen molar-refractivity contribution < 1.29 is 14.1 Å². The Labute approximate surface area is 217 Å². The van der Waals surface area contributed by atoms with Crippen molar-refractivity contribution in [2.24, 2.45) is 0 Å². The minimum Gasteiger partial charge on any atom is -0.374 e. The van der Waals surface area contributed by atoms with Crippen LogP contribution in [0.5, 0.6) is 6.01 Å². The Hall–Kier alpha value is -3.28. The van der Waals surface area contributed by atoms with Gasteiger partial charge in [0, 0.05) is 37.4 Å². The van der Waals surface area contributed by atoms with Crippen LogP contribution < -0.4 is 10.1 Å². The van der Waals surface area contributed by atoms with Gasteiger partial charge in [-0.25, -0.2) is 9.48 Å². The van der Waals surface area contributed by atoms with E-state index in [9.17, 15) is 4.79 Å². The average molecular weight is 528 g/mol. The number of rotatable bonds is 7. The van der Waals surface area contributed by atoms with Gasteiger partial charge in [-0.1, -0.05) is 22.8 Å². The first-order valence-electron chi connectivity index (χ1n) is 11.7. The third kappa shape index (κ3) is 5.75. The van der Waals surface area contributed by atoms with Crippen LogP contribution >= 0.6 is 22.9 Å². The van der Waals surface area contributed by atoms with E-state index in [-0.39, 0.29) is 18.6 Å². The van der Waals surface area contributed by atoms with E-state index in [4.69, 9.17) is 20.9 Å². The lowest BCUT2D eigenvalue weighted by molar-refractivity contribution is 0.150. The van der Waals surface area contributed by atoms with E-state index in [0.717, 1.165) is 30.8 Å². The number of pyridine rings is 1. The number of piperidine rings is 1. The Morgan fingerprint density at radius 1 is 1.28 bits per heavy atom. The number of nitrogens with zero attached hydrogens (tertiary/aromatic N) is 6. The molecule has 5 heterocycles. The molecule has 0 unspecified atom stereocenters. The predicted molar refractivity (Wildman–Crippen MR) is 136 cm³/mol. The van der Waals surface area contributed by atoms with E-state index in [0.29, 0.717) is 33.4 Å². The summed E-state index contributed by atoms with van der Waals surface area (Å²) in [4.78, 5) is 24.8. The normalized spacial score (nSPS) is 14.9. The highest BCUT2D eigenvalue weighted by molar-refractivity contribution is 7.19. The molecule has 0 atom stereocenters. The van der Waals surface area contributed by atoms with E-state index < -0.39 is 6.09 Å². The molecule has 0 radical (unpaired) electrons. The number of aromatic nitrogens is 5. The Kier molecular flexibility index (Phi) is 7.30. The van der Waals surface area contributed by atoms with Gasteiger partial charge in [-0.3, -0.25) is 4.98 Å². The smallest absolute Gasteiger partial charge is 0.374 e. The first-order chi connectivity index (χ1) is 17.4. The molecule has 1 saturated heterocycles. The molecule has 0 aromatic carbocycles. The number of carbonyl (C=O) groups excluding carboxylic acids is 1. The molecule has 12 heteroatoms. The molecule has 1 aliphatic heterocycles. The topological polar surface area (TPSA) is 111 Å². The molecule has 5 rings (SSSR count). The fourth-order valence-electron chi connectivity index (χ4n) is 4.05. The number of hydrogen-bond donors (Lipinski definition) is 1. The fraction of sp³-hybridized carbons (Fsp3) is 0.375. The summed E-state index contributed by atoms with van der Waals surface area (Å²) in [5.41, 5.74) is 1.16. The second-order valence-electron chi connectivity index (χ2n) is 8.81. The third-order valence-corrected chi connectivity index (χ3v) is 7.23. The third-order valence-electron chi connectivity index (χ3n) is 5.98. The van der Waals surface area contributed by atoms with Gasteiger partial charge in [-0.2, -0.15) is 4.98 Å². The molecule has 1 fully saturated rings. The molecule has 0 saturated carbocycles. The van der Waals surface area contributed by atoms with Crippen molar-refractivity contribution in [3.05, 3.63) is 52.6 Å². The molecule has 1 aliphatic rings. The minimum absolute atomic E-state index is 0.0508. The number of nitrogens with one attached hydrogen (secondary N) is 1. The van der Waals surface area contributed by atoms with E-state index in [1.807, 2.05) is 18.2 Å². The first-order valence-corrected chi connectivity index (χ1v) is 12.9. The maximum Gasteiger partial charge on any atom is 0.415 e. The van der Waals surface area contributed by atoms with E-state index in [1.165, 1.54) is 16.0 Å². The van der Waals surface area contributed by atoms with Crippen molar-refractivity contribution in [2.45, 2.75) is 45.3 Å². The summed E-state index contributed by atoms with van der Waals surface area (Å²) >= 11 is 7.44. The zero-order valence-electron chi connectivity index (χ0n) is 19.9. The second-order valence-corrected chi connectivity index (χ2v) is 10.5. The van der Waals surface area contributed by atoms with Crippen molar-refractivity contribution in [3.63, 3.8) is 0 Å². The predicted octanol–water partition coefficient (Wildman–Crippen LogP) is 4.72. The van der Waals surface area contributed by atoms with Crippen LogP contribution in [0.2, 0.25) is 4.34 Å². The van der Waals surface area contributed by atoms with Gasteiger partial charge in [0.05, 0.1) is 15.8 Å². The zero-order chi connectivity index (χ0) is 25.1. The molecule has 1 N–H and O–H groups in total. The molecular weight excluding hydrogens is 502 g/mol. The van der Waals surface area contributed by atoms with Crippen molar-refractivity contribution in [2.75, 3.05) is 13.1 Å². The van der Waals surface area contributed by atoms with Gasteiger partial charge < -0.3 is 19.5 Å². The summed E-state index contributed by atoms with van der Waals surface area (Å²) < 4.78 is 13.2. The molecule has 10 nitrogen and oxygen atoms in total. The highest BCUT2D eigenvalue weighted by Gasteiger charge is 2.24. The molecule has 1 amide bonds. The SMILES string of the molecule is CC(C)N1CCC(NC(=O)Oc2nc(-c3ccccn3)nn2Cc2cc(-c3ccc(Cl)s3)on2)CC1. The van der Waals surface area contributed by atoms with Gasteiger partial charge in [0.15, 0.2) is 5.76 Å². The summed E-state index contributed by atoms with van der Waals surface area (Å²) in [6, 6.07) is 11.5. The summed E-state index contributed by atoms with van der Waals surface area (Å²) in [6.07, 6.45) is 2.83. The van der Waals surface area contributed by atoms with Crippen LogP contribution in [0, 0.1) is 0 Å². The number of halogens is 1. The zero-order valence-corrected chi connectivity index (χ0v) is 21.5.